The predicted molar refractivity (Wildman–Crippen MR) is 80.8 cm³/mol. The van der Waals surface area contributed by atoms with Crippen molar-refractivity contribution in [3.8, 4) is 0 Å². The average molecular weight is 277 g/mol. The number of ether oxygens (including phenoxy) is 1. The van der Waals surface area contributed by atoms with Gasteiger partial charge < -0.3 is 20.7 Å². The van der Waals surface area contributed by atoms with E-state index in [1.54, 1.807) is 0 Å². The molecule has 0 aliphatic carbocycles. The molecule has 0 aromatic heterocycles. The molecule has 0 saturated carbocycles. The summed E-state index contributed by atoms with van der Waals surface area (Å²) >= 11 is 0. The van der Waals surface area contributed by atoms with E-state index in [2.05, 4.69) is 10.2 Å². The standard InChI is InChI=1S/C15H23N3O2/c1-10(2)17-15(19)14-9-20-8-7-18(14)13-6-4-5-12(16)11(13)3/h4-6,10,14H,7-9,16H2,1-3H3,(H,17,19). The molecule has 1 aliphatic heterocycles. The molecule has 1 heterocycles. The van der Waals surface area contributed by atoms with Crippen molar-refractivity contribution in [3.63, 3.8) is 0 Å². The zero-order valence-electron chi connectivity index (χ0n) is 12.3. The Labute approximate surface area is 120 Å². The van der Waals surface area contributed by atoms with E-state index in [-0.39, 0.29) is 18.0 Å². The number of nitrogens with two attached hydrogens (primary N) is 1. The van der Waals surface area contributed by atoms with Gasteiger partial charge in [0, 0.05) is 24.0 Å². The summed E-state index contributed by atoms with van der Waals surface area (Å²) in [5, 5.41) is 2.95. The fourth-order valence-corrected chi connectivity index (χ4v) is 2.44. The normalized spacial score (nSPS) is 19.2. The first-order valence-electron chi connectivity index (χ1n) is 7.00. The van der Waals surface area contributed by atoms with Crippen LogP contribution in [0.4, 0.5) is 11.4 Å². The summed E-state index contributed by atoms with van der Waals surface area (Å²) in [4.78, 5) is 14.4. The summed E-state index contributed by atoms with van der Waals surface area (Å²) in [7, 11) is 0. The van der Waals surface area contributed by atoms with E-state index in [1.165, 1.54) is 0 Å². The van der Waals surface area contributed by atoms with Crippen molar-refractivity contribution in [2.24, 2.45) is 0 Å². The quantitative estimate of drug-likeness (QED) is 0.817. The first kappa shape index (κ1) is 14.7. The van der Waals surface area contributed by atoms with Gasteiger partial charge in [0.25, 0.3) is 0 Å². The fourth-order valence-electron chi connectivity index (χ4n) is 2.44. The van der Waals surface area contributed by atoms with E-state index in [1.807, 2.05) is 39.0 Å². The number of nitrogen functional groups attached to an aromatic ring is 1. The summed E-state index contributed by atoms with van der Waals surface area (Å²) in [5.74, 6) is 0.00141. The van der Waals surface area contributed by atoms with Crippen molar-refractivity contribution in [1.82, 2.24) is 5.32 Å². The minimum absolute atomic E-state index is 0.00141. The Bertz CT molecular complexity index is 488. The predicted octanol–water partition coefficient (Wildman–Crippen LogP) is 1.31. The molecular weight excluding hydrogens is 254 g/mol. The Morgan fingerprint density at radius 3 is 2.95 bits per heavy atom. The van der Waals surface area contributed by atoms with Crippen molar-refractivity contribution in [2.45, 2.75) is 32.9 Å². The lowest BCUT2D eigenvalue weighted by Crippen LogP contribution is -2.55. The second kappa shape index (κ2) is 6.13. The number of hydrogen-bond donors (Lipinski definition) is 2. The van der Waals surface area contributed by atoms with Crippen LogP contribution >= 0.6 is 0 Å². The number of benzene rings is 1. The number of anilines is 2. The van der Waals surface area contributed by atoms with Gasteiger partial charge in [0.2, 0.25) is 5.91 Å². The monoisotopic (exact) mass is 277 g/mol. The second-order valence-corrected chi connectivity index (χ2v) is 5.44. The van der Waals surface area contributed by atoms with Gasteiger partial charge >= 0.3 is 0 Å². The SMILES string of the molecule is Cc1c(N)cccc1N1CCOCC1C(=O)NC(C)C. The van der Waals surface area contributed by atoms with Crippen LogP contribution in [0.5, 0.6) is 0 Å². The lowest BCUT2D eigenvalue weighted by Gasteiger charge is -2.37. The number of morpholine rings is 1. The Morgan fingerprint density at radius 2 is 2.25 bits per heavy atom. The molecule has 5 heteroatoms. The molecule has 3 N–H and O–H groups in total. The van der Waals surface area contributed by atoms with E-state index < -0.39 is 0 Å². The van der Waals surface area contributed by atoms with Gasteiger partial charge in [0.05, 0.1) is 13.2 Å². The van der Waals surface area contributed by atoms with E-state index in [0.717, 1.165) is 16.9 Å². The van der Waals surface area contributed by atoms with Gasteiger partial charge in [-0.25, -0.2) is 0 Å². The minimum Gasteiger partial charge on any atom is -0.398 e. The molecule has 0 radical (unpaired) electrons. The first-order valence-corrected chi connectivity index (χ1v) is 7.00. The third kappa shape index (κ3) is 3.04. The van der Waals surface area contributed by atoms with Crippen LogP contribution in [-0.2, 0) is 9.53 Å². The molecule has 2 rings (SSSR count). The van der Waals surface area contributed by atoms with Gasteiger partial charge in [0.1, 0.15) is 6.04 Å². The lowest BCUT2D eigenvalue weighted by atomic mass is 10.1. The van der Waals surface area contributed by atoms with Crippen molar-refractivity contribution in [1.29, 1.82) is 0 Å². The molecule has 1 saturated heterocycles. The van der Waals surface area contributed by atoms with Crippen LogP contribution in [0.2, 0.25) is 0 Å². The maximum absolute atomic E-state index is 12.3. The van der Waals surface area contributed by atoms with Gasteiger partial charge in [-0.1, -0.05) is 6.07 Å². The Balaban J connectivity index is 2.27. The summed E-state index contributed by atoms with van der Waals surface area (Å²) < 4.78 is 5.47. The van der Waals surface area contributed by atoms with Gasteiger partial charge in [0.15, 0.2) is 0 Å². The van der Waals surface area contributed by atoms with Gasteiger partial charge in [-0.15, -0.1) is 0 Å². The number of nitrogens with zero attached hydrogens (tertiary/aromatic N) is 1. The maximum Gasteiger partial charge on any atom is 0.245 e. The molecule has 20 heavy (non-hydrogen) atoms. The first-order chi connectivity index (χ1) is 9.50. The Kier molecular flexibility index (Phi) is 4.49. The van der Waals surface area contributed by atoms with Crippen LogP contribution in [-0.4, -0.2) is 37.7 Å². The molecule has 0 spiro atoms. The molecule has 110 valence electrons. The highest BCUT2D eigenvalue weighted by atomic mass is 16.5. The minimum atomic E-state index is -0.299. The summed E-state index contributed by atoms with van der Waals surface area (Å²) in [6, 6.07) is 5.62. The molecule has 1 aliphatic rings. The van der Waals surface area contributed by atoms with Crippen molar-refractivity contribution in [3.05, 3.63) is 23.8 Å². The van der Waals surface area contributed by atoms with Crippen molar-refractivity contribution >= 4 is 17.3 Å². The van der Waals surface area contributed by atoms with Crippen LogP contribution in [0, 0.1) is 6.92 Å². The Hall–Kier alpha value is -1.75. The highest BCUT2D eigenvalue weighted by Crippen LogP contribution is 2.27. The van der Waals surface area contributed by atoms with E-state index in [0.29, 0.717) is 19.8 Å². The summed E-state index contributed by atoms with van der Waals surface area (Å²) in [5.41, 5.74) is 8.74. The number of carbonyl (C=O) groups is 1. The van der Waals surface area contributed by atoms with E-state index >= 15 is 0 Å². The summed E-state index contributed by atoms with van der Waals surface area (Å²) in [6.45, 7) is 7.62. The van der Waals surface area contributed by atoms with Crippen LogP contribution in [0.25, 0.3) is 0 Å². The second-order valence-electron chi connectivity index (χ2n) is 5.44. The highest BCUT2D eigenvalue weighted by Gasteiger charge is 2.30. The molecule has 1 fully saturated rings. The van der Waals surface area contributed by atoms with Crippen LogP contribution in [0.3, 0.4) is 0 Å². The van der Waals surface area contributed by atoms with Crippen LogP contribution in [0.15, 0.2) is 18.2 Å². The maximum atomic E-state index is 12.3. The third-order valence-corrected chi connectivity index (χ3v) is 3.52. The highest BCUT2D eigenvalue weighted by molar-refractivity contribution is 5.86. The molecule has 5 nitrogen and oxygen atoms in total. The lowest BCUT2D eigenvalue weighted by molar-refractivity contribution is -0.125. The van der Waals surface area contributed by atoms with Crippen molar-refractivity contribution in [2.75, 3.05) is 30.4 Å². The van der Waals surface area contributed by atoms with E-state index in [4.69, 9.17) is 10.5 Å². The Morgan fingerprint density at radius 1 is 1.50 bits per heavy atom. The van der Waals surface area contributed by atoms with Crippen LogP contribution < -0.4 is 16.0 Å². The average Bonchev–Trinajstić information content (AvgIpc) is 2.41. The molecule has 1 amide bonds. The molecule has 0 bridgehead atoms. The largest absolute Gasteiger partial charge is 0.398 e. The molecular formula is C15H23N3O2. The smallest absolute Gasteiger partial charge is 0.245 e. The number of rotatable bonds is 3. The van der Waals surface area contributed by atoms with E-state index in [9.17, 15) is 4.79 Å². The number of nitrogens with one attached hydrogen (secondary N) is 1. The number of amides is 1. The zero-order chi connectivity index (χ0) is 14.7. The zero-order valence-corrected chi connectivity index (χ0v) is 12.3. The van der Waals surface area contributed by atoms with Gasteiger partial charge in [-0.05, 0) is 38.5 Å². The summed E-state index contributed by atoms with van der Waals surface area (Å²) in [6.07, 6.45) is 0. The fraction of sp³-hybridized carbons (Fsp3) is 0.533. The molecule has 1 aromatic carbocycles. The van der Waals surface area contributed by atoms with Gasteiger partial charge in [-0.3, -0.25) is 4.79 Å². The number of carbonyl (C=O) groups excluding carboxylic acids is 1. The topological polar surface area (TPSA) is 67.6 Å². The third-order valence-electron chi connectivity index (χ3n) is 3.52. The molecule has 1 unspecified atom stereocenters. The van der Waals surface area contributed by atoms with Crippen LogP contribution in [0.1, 0.15) is 19.4 Å². The van der Waals surface area contributed by atoms with Crippen molar-refractivity contribution < 1.29 is 9.53 Å². The number of hydrogen-bond acceptors (Lipinski definition) is 4. The molecule has 1 atom stereocenters. The molecule has 1 aromatic rings. The van der Waals surface area contributed by atoms with Gasteiger partial charge in [-0.2, -0.15) is 0 Å².